The van der Waals surface area contributed by atoms with Gasteiger partial charge in [0, 0.05) is 31.0 Å². The van der Waals surface area contributed by atoms with Crippen LogP contribution in [0, 0.1) is 17.3 Å². The van der Waals surface area contributed by atoms with Crippen LogP contribution in [-0.4, -0.2) is 59.5 Å². The Morgan fingerprint density at radius 1 is 1.20 bits per heavy atom. The van der Waals surface area contributed by atoms with E-state index in [1.54, 1.807) is 0 Å². The molecule has 0 aromatic carbocycles. The summed E-state index contributed by atoms with van der Waals surface area (Å²) in [7, 11) is 0. The highest BCUT2D eigenvalue weighted by Crippen LogP contribution is 2.45. The van der Waals surface area contributed by atoms with Crippen molar-refractivity contribution in [2.45, 2.75) is 39.5 Å². The molecule has 1 unspecified atom stereocenters. The summed E-state index contributed by atoms with van der Waals surface area (Å²) in [4.78, 5) is 28.9. The minimum atomic E-state index is -0.738. The number of hydrogen-bond donors (Lipinski definition) is 1. The normalized spacial score (nSPS) is 26.3. The molecule has 5 heteroatoms. The van der Waals surface area contributed by atoms with E-state index >= 15 is 0 Å². The van der Waals surface area contributed by atoms with Gasteiger partial charge in [-0.25, -0.2) is 0 Å². The second-order valence-electron chi connectivity index (χ2n) is 8.19. The second-order valence-corrected chi connectivity index (χ2v) is 8.19. The minimum absolute atomic E-state index is 0.0300. The molecule has 0 saturated carbocycles. The maximum atomic E-state index is 12.8. The lowest BCUT2D eigenvalue weighted by atomic mass is 9.71. The average Bonchev–Trinajstić information content (AvgIpc) is 3.22. The summed E-state index contributed by atoms with van der Waals surface area (Å²) in [6, 6.07) is 0. The third-order valence-electron chi connectivity index (χ3n) is 6.22. The molecule has 3 aliphatic rings. The first-order chi connectivity index (χ1) is 11.9. The van der Waals surface area contributed by atoms with E-state index < -0.39 is 11.9 Å². The maximum Gasteiger partial charge on any atom is 0.308 e. The summed E-state index contributed by atoms with van der Waals surface area (Å²) >= 11 is 0. The molecule has 2 aliphatic heterocycles. The van der Waals surface area contributed by atoms with Crippen LogP contribution in [0.5, 0.6) is 0 Å². The molecule has 25 heavy (non-hydrogen) atoms. The van der Waals surface area contributed by atoms with Crippen LogP contribution in [0.1, 0.15) is 39.5 Å². The fourth-order valence-electron chi connectivity index (χ4n) is 4.55. The fraction of sp³-hybridized carbons (Fsp3) is 0.700. The summed E-state index contributed by atoms with van der Waals surface area (Å²) in [5.74, 6) is -0.976. The van der Waals surface area contributed by atoms with Gasteiger partial charge in [-0.1, -0.05) is 23.8 Å². The molecule has 2 heterocycles. The fourth-order valence-corrected chi connectivity index (χ4v) is 4.55. The number of rotatable bonds is 4. The zero-order valence-corrected chi connectivity index (χ0v) is 15.4. The van der Waals surface area contributed by atoms with Gasteiger partial charge in [0.2, 0.25) is 5.91 Å². The monoisotopic (exact) mass is 346 g/mol. The SMILES string of the molecule is CC(C)=CCN1CCC2(CC1)CN(C(=O)C1CC=CC1)CC2C(=O)O. The average molecular weight is 346 g/mol. The summed E-state index contributed by atoms with van der Waals surface area (Å²) in [5.41, 5.74) is 1.07. The molecule has 1 aliphatic carbocycles. The molecule has 1 amide bonds. The summed E-state index contributed by atoms with van der Waals surface area (Å²) in [6.07, 6.45) is 9.69. The van der Waals surface area contributed by atoms with Crippen molar-refractivity contribution in [3.8, 4) is 0 Å². The predicted octanol–water partition coefficient (Wildman–Crippen LogP) is 2.54. The largest absolute Gasteiger partial charge is 0.481 e. The smallest absolute Gasteiger partial charge is 0.308 e. The van der Waals surface area contributed by atoms with Crippen molar-refractivity contribution in [2.75, 3.05) is 32.7 Å². The highest BCUT2D eigenvalue weighted by Gasteiger charge is 2.52. The quantitative estimate of drug-likeness (QED) is 0.795. The zero-order valence-electron chi connectivity index (χ0n) is 15.4. The van der Waals surface area contributed by atoms with Crippen LogP contribution in [0.3, 0.4) is 0 Å². The summed E-state index contributed by atoms with van der Waals surface area (Å²) < 4.78 is 0. The van der Waals surface area contributed by atoms with Crippen molar-refractivity contribution in [3.05, 3.63) is 23.8 Å². The minimum Gasteiger partial charge on any atom is -0.481 e. The van der Waals surface area contributed by atoms with Crippen LogP contribution in [0.2, 0.25) is 0 Å². The van der Waals surface area contributed by atoms with Crippen molar-refractivity contribution < 1.29 is 14.7 Å². The van der Waals surface area contributed by atoms with Gasteiger partial charge in [0.25, 0.3) is 0 Å². The van der Waals surface area contributed by atoms with E-state index in [9.17, 15) is 14.7 Å². The maximum absolute atomic E-state index is 12.8. The Hall–Kier alpha value is -1.62. The van der Waals surface area contributed by atoms with Crippen LogP contribution < -0.4 is 0 Å². The van der Waals surface area contributed by atoms with E-state index in [-0.39, 0.29) is 17.2 Å². The Balaban J connectivity index is 1.66. The van der Waals surface area contributed by atoms with E-state index in [1.165, 1.54) is 5.57 Å². The number of amides is 1. The lowest BCUT2D eigenvalue weighted by Gasteiger charge is -2.41. The first kappa shape index (κ1) is 18.2. The molecule has 3 rings (SSSR count). The van der Waals surface area contributed by atoms with Gasteiger partial charge in [0.05, 0.1) is 5.92 Å². The molecule has 1 N–H and O–H groups in total. The van der Waals surface area contributed by atoms with Crippen LogP contribution in [0.25, 0.3) is 0 Å². The summed E-state index contributed by atoms with van der Waals surface area (Å²) in [6.45, 7) is 7.98. The van der Waals surface area contributed by atoms with Gasteiger partial charge in [0.1, 0.15) is 0 Å². The molecule has 2 saturated heterocycles. The number of likely N-dealkylation sites (tertiary alicyclic amines) is 2. The highest BCUT2D eigenvalue weighted by molar-refractivity contribution is 5.82. The van der Waals surface area contributed by atoms with Crippen LogP contribution >= 0.6 is 0 Å². The molecule has 0 aromatic rings. The standard InChI is InChI=1S/C20H30N2O3/c1-15(2)7-10-21-11-8-20(9-12-21)14-22(13-17(20)19(24)25)18(23)16-5-3-4-6-16/h3-4,7,16-17H,5-6,8-14H2,1-2H3,(H,24,25). The van der Waals surface area contributed by atoms with Gasteiger partial charge in [-0.15, -0.1) is 0 Å². The molecular weight excluding hydrogens is 316 g/mol. The number of carbonyl (C=O) groups excluding carboxylic acids is 1. The van der Waals surface area contributed by atoms with Crippen LogP contribution in [-0.2, 0) is 9.59 Å². The number of nitrogens with zero attached hydrogens (tertiary/aromatic N) is 2. The Kier molecular flexibility index (Phi) is 5.32. The number of aliphatic carboxylic acids is 1. The topological polar surface area (TPSA) is 60.9 Å². The number of allylic oxidation sites excluding steroid dienone is 3. The van der Waals surface area contributed by atoms with Crippen LogP contribution in [0.15, 0.2) is 23.8 Å². The molecule has 0 aromatic heterocycles. The van der Waals surface area contributed by atoms with Gasteiger partial charge < -0.3 is 10.0 Å². The Morgan fingerprint density at radius 2 is 1.84 bits per heavy atom. The lowest BCUT2D eigenvalue weighted by Crippen LogP contribution is -2.46. The molecule has 138 valence electrons. The number of carboxylic acid groups (broad SMARTS) is 1. The first-order valence-electron chi connectivity index (χ1n) is 9.43. The zero-order chi connectivity index (χ0) is 18.0. The first-order valence-corrected chi connectivity index (χ1v) is 9.43. The molecule has 1 atom stereocenters. The molecule has 5 nitrogen and oxygen atoms in total. The van der Waals surface area contributed by atoms with Gasteiger partial charge in [0.15, 0.2) is 0 Å². The molecule has 1 spiro atoms. The van der Waals surface area contributed by atoms with Crippen molar-refractivity contribution >= 4 is 11.9 Å². The van der Waals surface area contributed by atoms with Crippen molar-refractivity contribution in [1.29, 1.82) is 0 Å². The third kappa shape index (κ3) is 3.81. The van der Waals surface area contributed by atoms with E-state index in [0.717, 1.165) is 45.3 Å². The second kappa shape index (κ2) is 7.32. The van der Waals surface area contributed by atoms with Gasteiger partial charge >= 0.3 is 5.97 Å². The van der Waals surface area contributed by atoms with Gasteiger partial charge in [-0.2, -0.15) is 0 Å². The van der Waals surface area contributed by atoms with Crippen molar-refractivity contribution in [2.24, 2.45) is 17.3 Å². The van der Waals surface area contributed by atoms with Gasteiger partial charge in [-0.05, 0) is 52.6 Å². The van der Waals surface area contributed by atoms with E-state index in [1.807, 2.05) is 4.90 Å². The Bertz CT molecular complexity index is 576. The van der Waals surface area contributed by atoms with E-state index in [2.05, 4.69) is 37.0 Å². The van der Waals surface area contributed by atoms with Crippen molar-refractivity contribution in [1.82, 2.24) is 9.80 Å². The summed E-state index contributed by atoms with van der Waals surface area (Å²) in [5, 5.41) is 9.76. The number of carboxylic acids is 1. The Morgan fingerprint density at radius 3 is 2.40 bits per heavy atom. The van der Waals surface area contributed by atoms with Crippen LogP contribution in [0.4, 0.5) is 0 Å². The van der Waals surface area contributed by atoms with E-state index in [4.69, 9.17) is 0 Å². The highest BCUT2D eigenvalue weighted by atomic mass is 16.4. The van der Waals surface area contributed by atoms with Crippen molar-refractivity contribution in [3.63, 3.8) is 0 Å². The molecule has 0 radical (unpaired) electrons. The number of carbonyl (C=O) groups is 2. The lowest BCUT2D eigenvalue weighted by molar-refractivity contribution is -0.145. The predicted molar refractivity (Wildman–Crippen MR) is 97.1 cm³/mol. The third-order valence-corrected chi connectivity index (χ3v) is 6.22. The number of hydrogen-bond acceptors (Lipinski definition) is 3. The molecular formula is C20H30N2O3. The Labute approximate surface area is 150 Å². The van der Waals surface area contributed by atoms with E-state index in [0.29, 0.717) is 13.1 Å². The number of piperidine rings is 1. The van der Waals surface area contributed by atoms with Gasteiger partial charge in [-0.3, -0.25) is 14.5 Å². The molecule has 2 fully saturated rings. The molecule has 0 bridgehead atoms.